The Bertz CT molecular complexity index is 809. The zero-order valence-corrected chi connectivity index (χ0v) is 16.0. The molecule has 3 heterocycles. The van der Waals surface area contributed by atoms with Crippen LogP contribution < -0.4 is 10.6 Å². The second-order valence-electron chi connectivity index (χ2n) is 7.50. The van der Waals surface area contributed by atoms with Gasteiger partial charge in [0.2, 0.25) is 5.95 Å². The van der Waals surface area contributed by atoms with E-state index in [0.717, 1.165) is 25.8 Å². The van der Waals surface area contributed by atoms with Crippen molar-refractivity contribution in [2.75, 3.05) is 23.8 Å². The Morgan fingerprint density at radius 2 is 2.00 bits per heavy atom. The van der Waals surface area contributed by atoms with Crippen LogP contribution >= 0.6 is 0 Å². The van der Waals surface area contributed by atoms with Crippen molar-refractivity contribution in [1.82, 2.24) is 19.5 Å². The zero-order chi connectivity index (χ0) is 19.7. The Balaban J connectivity index is 1.71. The van der Waals surface area contributed by atoms with Crippen molar-refractivity contribution in [3.05, 3.63) is 6.33 Å². The van der Waals surface area contributed by atoms with Crippen LogP contribution in [0.25, 0.3) is 11.2 Å². The van der Waals surface area contributed by atoms with Gasteiger partial charge in [-0.2, -0.15) is 9.97 Å². The van der Waals surface area contributed by atoms with Gasteiger partial charge in [0, 0.05) is 12.6 Å². The number of hydrogen-bond donors (Lipinski definition) is 5. The minimum atomic E-state index is -1.19. The molecule has 4 atom stereocenters. The number of nitrogens with one attached hydrogen (secondary N) is 2. The summed E-state index contributed by atoms with van der Waals surface area (Å²) in [4.78, 5) is 13.6. The first kappa shape index (κ1) is 19.3. The van der Waals surface area contributed by atoms with Gasteiger partial charge >= 0.3 is 0 Å². The Kier molecular flexibility index (Phi) is 5.63. The van der Waals surface area contributed by atoms with Crippen LogP contribution in [-0.2, 0) is 4.74 Å². The SMILES string of the molecule is CCCNc1nc(NC2CCCC2)c2ncn([C@@H]3O[C@H](CO)[C@@H](O)[C@H]3O)c2n1. The highest BCUT2D eigenvalue weighted by Crippen LogP contribution is 2.33. The van der Waals surface area contributed by atoms with E-state index in [1.807, 2.05) is 0 Å². The first-order valence-corrected chi connectivity index (χ1v) is 9.99. The van der Waals surface area contributed by atoms with E-state index in [1.54, 1.807) is 4.57 Å². The van der Waals surface area contributed by atoms with Crippen LogP contribution in [-0.4, -0.2) is 72.3 Å². The predicted molar refractivity (Wildman–Crippen MR) is 103 cm³/mol. The molecule has 1 aliphatic heterocycles. The summed E-state index contributed by atoms with van der Waals surface area (Å²) < 4.78 is 7.25. The Labute approximate surface area is 163 Å². The van der Waals surface area contributed by atoms with Crippen molar-refractivity contribution in [1.29, 1.82) is 0 Å². The molecule has 0 unspecified atom stereocenters. The predicted octanol–water partition coefficient (Wildman–Crippen LogP) is 0.614. The summed E-state index contributed by atoms with van der Waals surface area (Å²) in [5.41, 5.74) is 1.09. The molecular weight excluding hydrogens is 364 g/mol. The Hall–Kier alpha value is -2.01. The molecule has 2 aliphatic rings. The highest BCUT2D eigenvalue weighted by atomic mass is 16.6. The van der Waals surface area contributed by atoms with E-state index in [1.165, 1.54) is 19.2 Å². The lowest BCUT2D eigenvalue weighted by Gasteiger charge is -2.18. The van der Waals surface area contributed by atoms with Crippen LogP contribution in [0.15, 0.2) is 6.33 Å². The van der Waals surface area contributed by atoms with E-state index in [4.69, 9.17) is 4.74 Å². The fourth-order valence-electron chi connectivity index (χ4n) is 3.89. The molecule has 1 aliphatic carbocycles. The number of aromatic nitrogens is 4. The number of nitrogens with zero attached hydrogens (tertiary/aromatic N) is 4. The molecule has 0 bridgehead atoms. The maximum Gasteiger partial charge on any atom is 0.226 e. The topological polar surface area (TPSA) is 138 Å². The van der Waals surface area contributed by atoms with E-state index >= 15 is 0 Å². The second kappa shape index (κ2) is 8.16. The lowest BCUT2D eigenvalue weighted by Crippen LogP contribution is -2.33. The van der Waals surface area contributed by atoms with Crippen molar-refractivity contribution < 1.29 is 20.1 Å². The molecule has 2 fully saturated rings. The van der Waals surface area contributed by atoms with Crippen molar-refractivity contribution >= 4 is 22.9 Å². The van der Waals surface area contributed by atoms with E-state index in [9.17, 15) is 15.3 Å². The van der Waals surface area contributed by atoms with Gasteiger partial charge in [0.15, 0.2) is 23.2 Å². The molecule has 5 N–H and O–H groups in total. The fourth-order valence-corrected chi connectivity index (χ4v) is 3.89. The molecule has 0 aromatic carbocycles. The molecule has 0 spiro atoms. The third-order valence-electron chi connectivity index (χ3n) is 5.44. The number of rotatable bonds is 7. The van der Waals surface area contributed by atoms with Gasteiger partial charge in [-0.1, -0.05) is 19.8 Å². The van der Waals surface area contributed by atoms with Crippen LogP contribution in [0.3, 0.4) is 0 Å². The van der Waals surface area contributed by atoms with Crippen LogP contribution in [0.1, 0.15) is 45.3 Å². The van der Waals surface area contributed by atoms with Gasteiger partial charge in [0.05, 0.1) is 12.9 Å². The summed E-state index contributed by atoms with van der Waals surface area (Å²) in [5.74, 6) is 1.13. The highest BCUT2D eigenvalue weighted by Gasteiger charge is 2.44. The minimum absolute atomic E-state index is 0.358. The third kappa shape index (κ3) is 3.52. The maximum absolute atomic E-state index is 10.4. The lowest BCUT2D eigenvalue weighted by molar-refractivity contribution is -0.0511. The number of fused-ring (bicyclic) bond motifs is 1. The van der Waals surface area contributed by atoms with Crippen LogP contribution in [0.4, 0.5) is 11.8 Å². The fraction of sp³-hybridized carbons (Fsp3) is 0.722. The molecule has 4 rings (SSSR count). The van der Waals surface area contributed by atoms with Crippen LogP contribution in [0, 0.1) is 0 Å². The van der Waals surface area contributed by atoms with Gasteiger partial charge in [-0.25, -0.2) is 4.98 Å². The molecule has 1 saturated heterocycles. The summed E-state index contributed by atoms with van der Waals surface area (Å²) in [5, 5.41) is 36.5. The Morgan fingerprint density at radius 3 is 2.68 bits per heavy atom. The summed E-state index contributed by atoms with van der Waals surface area (Å²) in [6.07, 6.45) is 2.94. The van der Waals surface area contributed by atoms with Crippen LogP contribution in [0.5, 0.6) is 0 Å². The van der Waals surface area contributed by atoms with Crippen LogP contribution in [0.2, 0.25) is 0 Å². The molecule has 2 aromatic heterocycles. The monoisotopic (exact) mass is 392 g/mol. The third-order valence-corrected chi connectivity index (χ3v) is 5.44. The first-order chi connectivity index (χ1) is 13.6. The number of anilines is 2. The molecule has 1 saturated carbocycles. The number of ether oxygens (including phenoxy) is 1. The normalized spacial score (nSPS) is 28.3. The van der Waals surface area contributed by atoms with Gasteiger partial charge in [-0.3, -0.25) is 4.57 Å². The van der Waals surface area contributed by atoms with E-state index in [-0.39, 0.29) is 6.61 Å². The summed E-state index contributed by atoms with van der Waals surface area (Å²) in [6.45, 7) is 2.41. The highest BCUT2D eigenvalue weighted by molar-refractivity contribution is 5.84. The molecule has 0 amide bonds. The summed E-state index contributed by atoms with van der Waals surface area (Å²) in [7, 11) is 0. The maximum atomic E-state index is 10.4. The van der Waals surface area contributed by atoms with Crippen molar-refractivity contribution in [2.24, 2.45) is 0 Å². The van der Waals surface area contributed by atoms with Gasteiger partial charge < -0.3 is 30.7 Å². The molecule has 10 nitrogen and oxygen atoms in total. The van der Waals surface area contributed by atoms with E-state index in [0.29, 0.717) is 29.0 Å². The van der Waals surface area contributed by atoms with Gasteiger partial charge in [-0.05, 0) is 19.3 Å². The largest absolute Gasteiger partial charge is 0.394 e. The number of hydrogen-bond acceptors (Lipinski definition) is 9. The Morgan fingerprint density at radius 1 is 1.21 bits per heavy atom. The summed E-state index contributed by atoms with van der Waals surface area (Å²) >= 11 is 0. The summed E-state index contributed by atoms with van der Waals surface area (Å²) in [6, 6.07) is 0.358. The number of aliphatic hydroxyl groups excluding tert-OH is 3. The smallest absolute Gasteiger partial charge is 0.226 e. The van der Waals surface area contributed by atoms with Crippen molar-refractivity contribution in [3.63, 3.8) is 0 Å². The number of aliphatic hydroxyl groups is 3. The quantitative estimate of drug-likeness (QED) is 0.459. The molecule has 154 valence electrons. The van der Waals surface area contributed by atoms with Gasteiger partial charge in [0.25, 0.3) is 0 Å². The molecule has 2 aromatic rings. The standard InChI is InChI=1S/C18H28N6O4/c1-2-7-19-18-22-15(21-10-5-3-4-6-10)12-16(23-18)24(9-20-12)17-14(27)13(26)11(8-25)28-17/h9-11,13-14,17,25-27H,2-8H2,1H3,(H2,19,21,22,23)/t11-,13-,14-,17-/m1/s1. The van der Waals surface area contributed by atoms with Gasteiger partial charge in [0.1, 0.15) is 18.3 Å². The average molecular weight is 392 g/mol. The molecule has 0 radical (unpaired) electrons. The lowest BCUT2D eigenvalue weighted by atomic mass is 10.1. The van der Waals surface area contributed by atoms with E-state index in [2.05, 4.69) is 32.5 Å². The number of imidazole rings is 1. The first-order valence-electron chi connectivity index (χ1n) is 9.99. The van der Waals surface area contributed by atoms with Crippen molar-refractivity contribution in [2.45, 2.75) is 69.6 Å². The molecular formula is C18H28N6O4. The zero-order valence-electron chi connectivity index (χ0n) is 16.0. The molecule has 28 heavy (non-hydrogen) atoms. The van der Waals surface area contributed by atoms with Crippen molar-refractivity contribution in [3.8, 4) is 0 Å². The molecule has 10 heteroatoms. The van der Waals surface area contributed by atoms with E-state index < -0.39 is 24.5 Å². The minimum Gasteiger partial charge on any atom is -0.394 e. The van der Waals surface area contributed by atoms with Gasteiger partial charge in [-0.15, -0.1) is 0 Å². The average Bonchev–Trinajstić information content (AvgIpc) is 3.41. The second-order valence-corrected chi connectivity index (χ2v) is 7.50.